The lowest BCUT2D eigenvalue weighted by molar-refractivity contribution is -0.117. The predicted octanol–water partition coefficient (Wildman–Crippen LogP) is 5.04. The van der Waals surface area contributed by atoms with Crippen molar-refractivity contribution in [3.63, 3.8) is 0 Å². The molecule has 150 valence electrons. The molecular weight excluding hydrogens is 479 g/mol. The first-order valence-electron chi connectivity index (χ1n) is 9.17. The van der Waals surface area contributed by atoms with Gasteiger partial charge in [-0.1, -0.05) is 43.0 Å². The third kappa shape index (κ3) is 6.36. The number of amides is 1. The summed E-state index contributed by atoms with van der Waals surface area (Å²) in [5, 5.41) is 12.4. The summed E-state index contributed by atoms with van der Waals surface area (Å²) >= 11 is 2.14. The molecule has 0 aliphatic carbocycles. The number of carbonyl (C=O) groups is 1. The molecule has 1 N–H and O–H groups in total. The average Bonchev–Trinajstić information content (AvgIpc) is 2.72. The third-order valence-corrected chi connectivity index (χ3v) is 4.80. The summed E-state index contributed by atoms with van der Waals surface area (Å²) in [5.41, 5.74) is 1.67. The van der Waals surface area contributed by atoms with Crippen molar-refractivity contribution in [3.05, 3.63) is 75.4 Å². The number of nitriles is 1. The van der Waals surface area contributed by atoms with Gasteiger partial charge in [0.15, 0.2) is 11.5 Å². The molecule has 2 aromatic rings. The number of nitrogens with zero attached hydrogens (tertiary/aromatic N) is 1. The summed E-state index contributed by atoms with van der Waals surface area (Å²) in [4.78, 5) is 12.6. The minimum absolute atomic E-state index is 0.0192. The van der Waals surface area contributed by atoms with E-state index in [9.17, 15) is 10.1 Å². The molecule has 1 atom stereocenters. The van der Waals surface area contributed by atoms with Crippen molar-refractivity contribution < 1.29 is 14.3 Å². The second-order valence-corrected chi connectivity index (χ2v) is 7.30. The average molecular weight is 502 g/mol. The molecule has 1 amide bonds. The number of hydrogen-bond donors (Lipinski definition) is 1. The van der Waals surface area contributed by atoms with E-state index in [-0.39, 0.29) is 11.6 Å². The van der Waals surface area contributed by atoms with Gasteiger partial charge in [-0.15, -0.1) is 0 Å². The molecule has 0 aliphatic rings. The zero-order valence-corrected chi connectivity index (χ0v) is 18.6. The van der Waals surface area contributed by atoms with Crippen molar-refractivity contribution in [1.29, 1.82) is 5.26 Å². The van der Waals surface area contributed by atoms with E-state index >= 15 is 0 Å². The molecular formula is C23H23IN2O3. The van der Waals surface area contributed by atoms with E-state index in [2.05, 4.69) is 34.5 Å². The first-order chi connectivity index (χ1) is 14.0. The topological polar surface area (TPSA) is 71.3 Å². The summed E-state index contributed by atoms with van der Waals surface area (Å²) < 4.78 is 12.2. The van der Waals surface area contributed by atoms with Gasteiger partial charge in [0.2, 0.25) is 0 Å². The van der Waals surface area contributed by atoms with Crippen LogP contribution in [-0.2, 0) is 4.79 Å². The molecule has 0 aromatic heterocycles. The fourth-order valence-corrected chi connectivity index (χ4v) is 3.41. The van der Waals surface area contributed by atoms with Crippen LogP contribution in [-0.4, -0.2) is 19.1 Å². The molecule has 29 heavy (non-hydrogen) atoms. The molecule has 2 aromatic carbocycles. The molecule has 0 bridgehead atoms. The monoisotopic (exact) mass is 502 g/mol. The fourth-order valence-electron chi connectivity index (χ4n) is 2.63. The Morgan fingerprint density at radius 3 is 2.66 bits per heavy atom. The van der Waals surface area contributed by atoms with Gasteiger partial charge in [0.1, 0.15) is 18.2 Å². The van der Waals surface area contributed by atoms with E-state index in [0.29, 0.717) is 30.3 Å². The Morgan fingerprint density at radius 2 is 2.03 bits per heavy atom. The van der Waals surface area contributed by atoms with Crippen molar-refractivity contribution in [3.8, 4) is 17.6 Å². The smallest absolute Gasteiger partial charge is 0.262 e. The van der Waals surface area contributed by atoms with E-state index < -0.39 is 5.91 Å². The molecule has 0 saturated carbocycles. The summed E-state index contributed by atoms with van der Waals surface area (Å²) in [6.07, 6.45) is 3.21. The molecule has 0 radical (unpaired) electrons. The van der Waals surface area contributed by atoms with Crippen LogP contribution in [0, 0.1) is 14.9 Å². The summed E-state index contributed by atoms with van der Waals surface area (Å²) in [6, 6.07) is 15.0. The van der Waals surface area contributed by atoms with Gasteiger partial charge in [-0.3, -0.25) is 4.79 Å². The van der Waals surface area contributed by atoms with Gasteiger partial charge in [-0.05, 0) is 65.8 Å². The number of ether oxygens (including phenoxy) is 2. The first-order valence-corrected chi connectivity index (χ1v) is 10.3. The maximum Gasteiger partial charge on any atom is 0.262 e. The lowest BCUT2D eigenvalue weighted by atomic mass is 10.1. The number of benzene rings is 2. The summed E-state index contributed by atoms with van der Waals surface area (Å²) in [7, 11) is 0. The molecule has 5 nitrogen and oxygen atoms in total. The van der Waals surface area contributed by atoms with Crippen LogP contribution in [0.2, 0.25) is 0 Å². The Morgan fingerprint density at radius 1 is 1.31 bits per heavy atom. The van der Waals surface area contributed by atoms with Gasteiger partial charge in [-0.2, -0.15) is 5.26 Å². The van der Waals surface area contributed by atoms with Gasteiger partial charge >= 0.3 is 0 Å². The van der Waals surface area contributed by atoms with Crippen molar-refractivity contribution in [1.82, 2.24) is 5.32 Å². The summed E-state index contributed by atoms with van der Waals surface area (Å²) in [6.45, 7) is 8.24. The zero-order valence-electron chi connectivity index (χ0n) is 16.4. The van der Waals surface area contributed by atoms with Crippen LogP contribution < -0.4 is 14.8 Å². The van der Waals surface area contributed by atoms with Gasteiger partial charge in [0.05, 0.1) is 16.2 Å². The standard InChI is InChI=1S/C23H23IN2O3/c1-4-11-29-22-20(24)13-17(14-21(22)28-5-2)12-19(15-25)23(27)26-16(3)18-9-7-6-8-10-18/h4,6-10,12-14,16H,1,5,11H2,2-3H3,(H,26,27)/b19-12-/t16-/m1/s1. The summed E-state index contributed by atoms with van der Waals surface area (Å²) in [5.74, 6) is 0.747. The number of hydrogen-bond acceptors (Lipinski definition) is 4. The third-order valence-electron chi connectivity index (χ3n) is 4.00. The van der Waals surface area contributed by atoms with E-state index in [1.807, 2.05) is 56.3 Å². The fraction of sp³-hybridized carbons (Fsp3) is 0.217. The molecule has 0 unspecified atom stereocenters. The van der Waals surface area contributed by atoms with Crippen LogP contribution in [0.4, 0.5) is 0 Å². The lowest BCUT2D eigenvalue weighted by Crippen LogP contribution is -2.27. The quantitative estimate of drug-likeness (QED) is 0.226. The lowest BCUT2D eigenvalue weighted by Gasteiger charge is -2.15. The Bertz CT molecular complexity index is 933. The molecule has 0 heterocycles. The van der Waals surface area contributed by atoms with Crippen LogP contribution in [0.15, 0.2) is 60.7 Å². The Balaban J connectivity index is 2.28. The van der Waals surface area contributed by atoms with Crippen LogP contribution in [0.1, 0.15) is 31.0 Å². The minimum Gasteiger partial charge on any atom is -0.490 e. The van der Waals surface area contributed by atoms with Crippen LogP contribution >= 0.6 is 22.6 Å². The molecule has 0 saturated heterocycles. The molecule has 6 heteroatoms. The molecule has 0 aliphatic heterocycles. The Kier molecular flexibility index (Phi) is 8.74. The highest BCUT2D eigenvalue weighted by molar-refractivity contribution is 14.1. The number of carbonyl (C=O) groups excluding carboxylic acids is 1. The second kappa shape index (κ2) is 11.3. The van der Waals surface area contributed by atoms with Crippen molar-refractivity contribution >= 4 is 34.6 Å². The van der Waals surface area contributed by atoms with Crippen molar-refractivity contribution in [2.75, 3.05) is 13.2 Å². The van der Waals surface area contributed by atoms with Crippen molar-refractivity contribution in [2.45, 2.75) is 19.9 Å². The van der Waals surface area contributed by atoms with Gasteiger partial charge in [0.25, 0.3) is 5.91 Å². The minimum atomic E-state index is -0.427. The maximum atomic E-state index is 12.6. The molecule has 2 rings (SSSR count). The van der Waals surface area contributed by atoms with Gasteiger partial charge in [0, 0.05) is 0 Å². The Hall–Kier alpha value is -2.79. The van der Waals surface area contributed by atoms with E-state index in [4.69, 9.17) is 9.47 Å². The highest BCUT2D eigenvalue weighted by Crippen LogP contribution is 2.35. The Labute approximate surface area is 185 Å². The van der Waals surface area contributed by atoms with Gasteiger partial charge in [-0.25, -0.2) is 0 Å². The highest BCUT2D eigenvalue weighted by Gasteiger charge is 2.16. The zero-order chi connectivity index (χ0) is 21.2. The largest absolute Gasteiger partial charge is 0.490 e. The van der Waals surface area contributed by atoms with E-state index in [1.165, 1.54) is 0 Å². The first kappa shape index (κ1) is 22.5. The number of rotatable bonds is 9. The van der Waals surface area contributed by atoms with E-state index in [1.54, 1.807) is 18.2 Å². The van der Waals surface area contributed by atoms with E-state index in [0.717, 1.165) is 9.13 Å². The molecule has 0 spiro atoms. The van der Waals surface area contributed by atoms with Crippen LogP contribution in [0.25, 0.3) is 6.08 Å². The normalized spacial score (nSPS) is 11.9. The number of nitrogens with one attached hydrogen (secondary N) is 1. The highest BCUT2D eigenvalue weighted by atomic mass is 127. The second-order valence-electron chi connectivity index (χ2n) is 6.14. The SMILES string of the molecule is C=CCOc1c(I)cc(/C=C(/C#N)C(=O)N[C@H](C)c2ccccc2)cc1OCC. The van der Waals surface area contributed by atoms with Gasteiger partial charge < -0.3 is 14.8 Å². The maximum absolute atomic E-state index is 12.6. The van der Waals surface area contributed by atoms with Crippen LogP contribution in [0.3, 0.4) is 0 Å². The molecule has 0 fully saturated rings. The van der Waals surface area contributed by atoms with Crippen LogP contribution in [0.5, 0.6) is 11.5 Å². The number of halogens is 1. The van der Waals surface area contributed by atoms with Crippen molar-refractivity contribution in [2.24, 2.45) is 0 Å². The predicted molar refractivity (Wildman–Crippen MR) is 123 cm³/mol.